The number of benzene rings is 2. The van der Waals surface area contributed by atoms with Crippen molar-refractivity contribution < 1.29 is 27.1 Å². The van der Waals surface area contributed by atoms with Gasteiger partial charge in [-0.3, -0.25) is 9.69 Å². The van der Waals surface area contributed by atoms with E-state index in [1.54, 1.807) is 30.5 Å². The van der Waals surface area contributed by atoms with Crippen molar-refractivity contribution in [2.24, 2.45) is 0 Å². The molecule has 1 N–H and O–H groups in total. The van der Waals surface area contributed by atoms with E-state index in [-0.39, 0.29) is 23.9 Å². The standard InChI is InChI=1S/C29H30F4N4O2/c30-22-5-1-20(2-6-22)18-36-14-11-23(19-36)35-28(38)27-10-9-26(17-34-27)39-25-12-15-37(16-13-25)24-7-3-21(4-8-24)29(31,32)33/h1-10,17,23,25H,11-16,18-19H2,(H,35,38). The predicted molar refractivity (Wildman–Crippen MR) is 139 cm³/mol. The normalized spacial score (nSPS) is 18.8. The molecule has 10 heteroatoms. The number of nitrogens with one attached hydrogen (secondary N) is 1. The molecule has 2 fully saturated rings. The van der Waals surface area contributed by atoms with Gasteiger partial charge < -0.3 is 15.0 Å². The number of alkyl halides is 3. The lowest BCUT2D eigenvalue weighted by Crippen LogP contribution is -2.38. The van der Waals surface area contributed by atoms with Gasteiger partial charge in [0.1, 0.15) is 23.4 Å². The third-order valence-corrected chi connectivity index (χ3v) is 7.20. The molecule has 3 aromatic rings. The molecule has 2 aliphatic rings. The molecular formula is C29H30F4N4O2. The number of aromatic nitrogens is 1. The Labute approximate surface area is 224 Å². The van der Waals surface area contributed by atoms with Crippen molar-refractivity contribution in [3.63, 3.8) is 0 Å². The maximum absolute atomic E-state index is 13.1. The number of anilines is 1. The Bertz CT molecular complexity index is 1240. The second kappa shape index (κ2) is 11.6. The minimum atomic E-state index is -4.34. The number of piperidine rings is 1. The van der Waals surface area contributed by atoms with Gasteiger partial charge in [-0.2, -0.15) is 13.2 Å². The summed E-state index contributed by atoms with van der Waals surface area (Å²) >= 11 is 0. The second-order valence-corrected chi connectivity index (χ2v) is 10.0. The largest absolute Gasteiger partial charge is 0.489 e. The molecule has 0 saturated carbocycles. The first-order valence-electron chi connectivity index (χ1n) is 13.1. The van der Waals surface area contributed by atoms with Gasteiger partial charge in [-0.1, -0.05) is 12.1 Å². The summed E-state index contributed by atoms with van der Waals surface area (Å²) in [6.45, 7) is 3.61. The zero-order valence-electron chi connectivity index (χ0n) is 21.3. The highest BCUT2D eigenvalue weighted by Crippen LogP contribution is 2.31. The first-order chi connectivity index (χ1) is 18.7. The van der Waals surface area contributed by atoms with Crippen molar-refractivity contribution in [3.05, 3.63) is 89.5 Å². The number of nitrogens with zero attached hydrogens (tertiary/aromatic N) is 3. The summed E-state index contributed by atoms with van der Waals surface area (Å²) in [6.07, 6.45) is -0.555. The summed E-state index contributed by atoms with van der Waals surface area (Å²) in [5, 5.41) is 3.04. The Balaban J connectivity index is 1.06. The number of hydrogen-bond donors (Lipinski definition) is 1. The van der Waals surface area contributed by atoms with Gasteiger partial charge in [0, 0.05) is 57.3 Å². The van der Waals surface area contributed by atoms with E-state index in [4.69, 9.17) is 4.74 Å². The van der Waals surface area contributed by atoms with Gasteiger partial charge in [0.05, 0.1) is 11.8 Å². The van der Waals surface area contributed by atoms with E-state index >= 15 is 0 Å². The van der Waals surface area contributed by atoms with Crippen molar-refractivity contribution in [3.8, 4) is 5.75 Å². The molecule has 2 aromatic carbocycles. The minimum absolute atomic E-state index is 0.0190. The summed E-state index contributed by atoms with van der Waals surface area (Å²) < 4.78 is 57.6. The number of hydrogen-bond acceptors (Lipinski definition) is 5. The van der Waals surface area contributed by atoms with E-state index in [2.05, 4.69) is 20.1 Å². The molecule has 1 unspecified atom stereocenters. The summed E-state index contributed by atoms with van der Waals surface area (Å²) in [7, 11) is 0. The molecule has 0 bridgehead atoms. The lowest BCUT2D eigenvalue weighted by Gasteiger charge is -2.33. The molecule has 2 saturated heterocycles. The van der Waals surface area contributed by atoms with Gasteiger partial charge >= 0.3 is 6.18 Å². The van der Waals surface area contributed by atoms with E-state index in [0.717, 1.165) is 55.7 Å². The summed E-state index contributed by atoms with van der Waals surface area (Å²) in [5.41, 5.74) is 1.46. The van der Waals surface area contributed by atoms with Gasteiger partial charge in [0.25, 0.3) is 5.91 Å². The third-order valence-electron chi connectivity index (χ3n) is 7.20. The third kappa shape index (κ3) is 7.06. The molecule has 206 valence electrons. The summed E-state index contributed by atoms with van der Waals surface area (Å²) in [6, 6.07) is 15.1. The Morgan fingerprint density at radius 1 is 0.949 bits per heavy atom. The Kier molecular flexibility index (Phi) is 8.02. The molecule has 5 rings (SSSR count). The highest BCUT2D eigenvalue weighted by molar-refractivity contribution is 5.92. The smallest absolute Gasteiger partial charge is 0.416 e. The molecule has 0 radical (unpaired) electrons. The van der Waals surface area contributed by atoms with Gasteiger partial charge in [-0.25, -0.2) is 9.37 Å². The van der Waals surface area contributed by atoms with E-state index < -0.39 is 11.7 Å². The molecule has 0 spiro atoms. The zero-order chi connectivity index (χ0) is 27.4. The van der Waals surface area contributed by atoms with Crippen LogP contribution in [0.5, 0.6) is 5.75 Å². The number of carbonyl (C=O) groups excluding carboxylic acids is 1. The van der Waals surface area contributed by atoms with Crippen LogP contribution in [0.1, 0.15) is 40.9 Å². The Morgan fingerprint density at radius 3 is 2.31 bits per heavy atom. The van der Waals surface area contributed by atoms with Gasteiger partial charge in [-0.05, 0) is 60.5 Å². The second-order valence-electron chi connectivity index (χ2n) is 10.0. The van der Waals surface area contributed by atoms with Crippen LogP contribution in [0, 0.1) is 5.82 Å². The number of likely N-dealkylation sites (tertiary alicyclic amines) is 1. The number of carbonyl (C=O) groups is 1. The van der Waals surface area contributed by atoms with Crippen LogP contribution in [0.4, 0.5) is 23.2 Å². The lowest BCUT2D eigenvalue weighted by molar-refractivity contribution is -0.137. The lowest BCUT2D eigenvalue weighted by atomic mass is 10.1. The van der Waals surface area contributed by atoms with E-state index in [1.807, 2.05) is 0 Å². The Morgan fingerprint density at radius 2 is 1.67 bits per heavy atom. The van der Waals surface area contributed by atoms with Gasteiger partial charge in [-0.15, -0.1) is 0 Å². The van der Waals surface area contributed by atoms with Crippen molar-refractivity contribution in [1.29, 1.82) is 0 Å². The van der Waals surface area contributed by atoms with E-state index in [9.17, 15) is 22.4 Å². The van der Waals surface area contributed by atoms with Crippen molar-refractivity contribution in [1.82, 2.24) is 15.2 Å². The first-order valence-corrected chi connectivity index (χ1v) is 13.1. The molecule has 6 nitrogen and oxygen atoms in total. The van der Waals surface area contributed by atoms with Crippen molar-refractivity contribution in [2.45, 2.75) is 44.1 Å². The van der Waals surface area contributed by atoms with E-state index in [1.165, 1.54) is 24.3 Å². The molecule has 0 aliphatic carbocycles. The fraction of sp³-hybridized carbons (Fsp3) is 0.379. The highest BCUT2D eigenvalue weighted by atomic mass is 19.4. The quantitative estimate of drug-likeness (QED) is 0.411. The maximum atomic E-state index is 13.1. The van der Waals surface area contributed by atoms with Crippen molar-refractivity contribution >= 4 is 11.6 Å². The molecule has 1 atom stereocenters. The van der Waals surface area contributed by atoms with Crippen LogP contribution < -0.4 is 15.0 Å². The van der Waals surface area contributed by atoms with Crippen LogP contribution in [0.3, 0.4) is 0 Å². The van der Waals surface area contributed by atoms with Crippen LogP contribution >= 0.6 is 0 Å². The monoisotopic (exact) mass is 542 g/mol. The summed E-state index contributed by atoms with van der Waals surface area (Å²) in [5.74, 6) is 0.0854. The van der Waals surface area contributed by atoms with Crippen LogP contribution in [0.15, 0.2) is 66.9 Å². The number of ether oxygens (including phenoxy) is 1. The van der Waals surface area contributed by atoms with Gasteiger partial charge in [0.15, 0.2) is 0 Å². The van der Waals surface area contributed by atoms with Crippen LogP contribution in [0.25, 0.3) is 0 Å². The molecule has 2 aliphatic heterocycles. The van der Waals surface area contributed by atoms with Crippen LogP contribution in [-0.2, 0) is 12.7 Å². The molecule has 1 aromatic heterocycles. The Hall–Kier alpha value is -3.66. The molecule has 1 amide bonds. The number of amides is 1. The van der Waals surface area contributed by atoms with Crippen LogP contribution in [-0.4, -0.2) is 54.1 Å². The first kappa shape index (κ1) is 26.9. The van der Waals surface area contributed by atoms with Crippen molar-refractivity contribution in [2.75, 3.05) is 31.1 Å². The SMILES string of the molecule is O=C(NC1CCN(Cc2ccc(F)cc2)C1)c1ccc(OC2CCN(c3ccc(C(F)(F)F)cc3)CC2)cn1. The van der Waals surface area contributed by atoms with Gasteiger partial charge in [0.2, 0.25) is 0 Å². The molecular weight excluding hydrogens is 512 g/mol. The molecule has 3 heterocycles. The fourth-order valence-electron chi connectivity index (χ4n) is 5.07. The van der Waals surface area contributed by atoms with E-state index in [0.29, 0.717) is 31.1 Å². The maximum Gasteiger partial charge on any atom is 0.416 e. The minimum Gasteiger partial charge on any atom is -0.489 e. The number of halogens is 4. The zero-order valence-corrected chi connectivity index (χ0v) is 21.3. The fourth-order valence-corrected chi connectivity index (χ4v) is 5.07. The number of rotatable bonds is 7. The topological polar surface area (TPSA) is 57.7 Å². The molecule has 39 heavy (non-hydrogen) atoms. The number of pyridine rings is 1. The summed E-state index contributed by atoms with van der Waals surface area (Å²) in [4.78, 5) is 21.3. The highest BCUT2D eigenvalue weighted by Gasteiger charge is 2.30. The predicted octanol–water partition coefficient (Wildman–Crippen LogP) is 5.29. The van der Waals surface area contributed by atoms with Crippen LogP contribution in [0.2, 0.25) is 0 Å². The average molecular weight is 543 g/mol. The average Bonchev–Trinajstić information content (AvgIpc) is 3.37.